The molecular formula is C12H10ClN3OS2. The van der Waals surface area contributed by atoms with E-state index in [1.165, 1.54) is 9.60 Å². The summed E-state index contributed by atoms with van der Waals surface area (Å²) >= 11 is 9.51. The molecule has 0 fully saturated rings. The molecule has 0 atom stereocenters. The van der Waals surface area contributed by atoms with E-state index in [1.807, 2.05) is 18.2 Å². The van der Waals surface area contributed by atoms with Gasteiger partial charge >= 0.3 is 6.03 Å². The van der Waals surface area contributed by atoms with Crippen LogP contribution in [0.5, 0.6) is 0 Å². The summed E-state index contributed by atoms with van der Waals surface area (Å²) in [6.07, 6.45) is 0.818. The molecule has 0 unspecified atom stereocenters. The molecule has 1 aliphatic rings. The second-order valence-corrected chi connectivity index (χ2v) is 6.63. The Labute approximate surface area is 123 Å². The van der Waals surface area contributed by atoms with Crippen LogP contribution in [0.4, 0.5) is 4.79 Å². The van der Waals surface area contributed by atoms with Gasteiger partial charge in [-0.15, -0.1) is 23.1 Å². The normalized spacial score (nSPS) is 16.6. The Morgan fingerprint density at radius 2 is 2.32 bits per heavy atom. The van der Waals surface area contributed by atoms with Gasteiger partial charge in [-0.2, -0.15) is 5.10 Å². The molecule has 4 nitrogen and oxygen atoms in total. The average Bonchev–Trinajstić information content (AvgIpc) is 2.75. The molecule has 3 N–H and O–H groups in total. The van der Waals surface area contributed by atoms with Gasteiger partial charge in [0.1, 0.15) is 0 Å². The van der Waals surface area contributed by atoms with Gasteiger partial charge in [-0.05, 0) is 18.2 Å². The third kappa shape index (κ3) is 2.43. The first-order valence-corrected chi connectivity index (χ1v) is 7.80. The molecule has 2 aromatic rings. The smallest absolute Gasteiger partial charge is 0.332 e. The number of primary amides is 1. The molecule has 0 aliphatic carbocycles. The lowest BCUT2D eigenvalue weighted by Gasteiger charge is -2.13. The lowest BCUT2D eigenvalue weighted by molar-refractivity contribution is 0.249. The average molecular weight is 312 g/mol. The lowest BCUT2D eigenvalue weighted by atomic mass is 10.2. The summed E-state index contributed by atoms with van der Waals surface area (Å²) in [6, 6.07) is 5.23. The van der Waals surface area contributed by atoms with Crippen molar-refractivity contribution >= 4 is 56.5 Å². The van der Waals surface area contributed by atoms with Crippen LogP contribution in [0.15, 0.2) is 28.2 Å². The van der Waals surface area contributed by atoms with E-state index < -0.39 is 6.03 Å². The van der Waals surface area contributed by atoms with Gasteiger partial charge in [-0.3, -0.25) is 0 Å². The van der Waals surface area contributed by atoms with E-state index in [0.29, 0.717) is 0 Å². The van der Waals surface area contributed by atoms with E-state index >= 15 is 0 Å². The Hall–Kier alpha value is -1.24. The molecule has 7 heteroatoms. The van der Waals surface area contributed by atoms with Gasteiger partial charge in [0.2, 0.25) is 0 Å². The number of hydrogen-bond acceptors (Lipinski definition) is 4. The maximum absolute atomic E-state index is 10.8. The van der Waals surface area contributed by atoms with Gasteiger partial charge in [0, 0.05) is 32.2 Å². The number of benzene rings is 1. The molecule has 0 saturated carbocycles. The summed E-state index contributed by atoms with van der Waals surface area (Å²) in [7, 11) is 0. The first-order chi connectivity index (χ1) is 9.15. The van der Waals surface area contributed by atoms with E-state index in [2.05, 4.69) is 10.5 Å². The first kappa shape index (κ1) is 12.8. The fourth-order valence-corrected chi connectivity index (χ4v) is 4.68. The molecule has 2 amide bonds. The standard InChI is InChI=1S/C12H10ClN3OS2/c13-6-1-2-9-7(5-6)10-11(19-9)8(3-4-18-10)15-16-12(14)17/h1-2,5H,3-4H2,(H3,14,16,17)/b15-8+. The molecule has 0 spiro atoms. The van der Waals surface area contributed by atoms with Gasteiger partial charge in [0.25, 0.3) is 0 Å². The number of thioether (sulfide) groups is 1. The number of nitrogens with one attached hydrogen (secondary N) is 1. The van der Waals surface area contributed by atoms with Gasteiger partial charge in [-0.1, -0.05) is 11.6 Å². The van der Waals surface area contributed by atoms with Crippen LogP contribution in [-0.2, 0) is 0 Å². The topological polar surface area (TPSA) is 67.5 Å². The van der Waals surface area contributed by atoms with Crippen LogP contribution in [0.1, 0.15) is 11.3 Å². The Balaban J connectivity index is 2.12. The predicted molar refractivity (Wildman–Crippen MR) is 81.4 cm³/mol. The lowest BCUT2D eigenvalue weighted by Crippen LogP contribution is -2.26. The Morgan fingerprint density at radius 3 is 3.11 bits per heavy atom. The maximum Gasteiger partial charge on any atom is 0.332 e. The number of nitrogens with zero attached hydrogens (tertiary/aromatic N) is 1. The van der Waals surface area contributed by atoms with E-state index in [9.17, 15) is 4.79 Å². The highest BCUT2D eigenvalue weighted by molar-refractivity contribution is 7.99. The zero-order valence-corrected chi connectivity index (χ0v) is 12.2. The fourth-order valence-electron chi connectivity index (χ4n) is 1.97. The number of hydrogen-bond donors (Lipinski definition) is 2. The van der Waals surface area contributed by atoms with Gasteiger partial charge in [0.05, 0.1) is 10.6 Å². The van der Waals surface area contributed by atoms with Crippen molar-refractivity contribution in [3.05, 3.63) is 28.1 Å². The SMILES string of the molecule is NC(=O)N/N=C1\CCSc2c1sc1ccc(Cl)cc21. The van der Waals surface area contributed by atoms with Crippen LogP contribution in [0, 0.1) is 0 Å². The van der Waals surface area contributed by atoms with Crippen molar-refractivity contribution in [2.24, 2.45) is 10.8 Å². The number of halogens is 1. The molecule has 19 heavy (non-hydrogen) atoms. The number of carbonyl (C=O) groups is 1. The summed E-state index contributed by atoms with van der Waals surface area (Å²) in [6.45, 7) is 0. The van der Waals surface area contributed by atoms with Crippen LogP contribution in [0.2, 0.25) is 5.02 Å². The summed E-state index contributed by atoms with van der Waals surface area (Å²) in [5.41, 5.74) is 8.24. The quantitative estimate of drug-likeness (QED) is 0.792. The van der Waals surface area contributed by atoms with Gasteiger partial charge in [0.15, 0.2) is 0 Å². The number of fused-ring (bicyclic) bond motifs is 3. The minimum absolute atomic E-state index is 0.642. The number of urea groups is 1. The second kappa shape index (κ2) is 5.03. The molecule has 0 radical (unpaired) electrons. The highest BCUT2D eigenvalue weighted by atomic mass is 35.5. The molecule has 1 aromatic heterocycles. The Bertz CT molecular complexity index is 696. The number of carbonyl (C=O) groups excluding carboxylic acids is 1. The molecule has 1 aliphatic heterocycles. The van der Waals surface area contributed by atoms with Crippen molar-refractivity contribution in [3.63, 3.8) is 0 Å². The van der Waals surface area contributed by atoms with E-state index in [0.717, 1.165) is 33.2 Å². The van der Waals surface area contributed by atoms with Crippen LogP contribution in [0.3, 0.4) is 0 Å². The Morgan fingerprint density at radius 1 is 1.47 bits per heavy atom. The zero-order chi connectivity index (χ0) is 13.4. The summed E-state index contributed by atoms with van der Waals surface area (Å²) in [5, 5.41) is 5.98. The predicted octanol–water partition coefficient (Wildman–Crippen LogP) is 3.42. The van der Waals surface area contributed by atoms with E-state index in [1.54, 1.807) is 23.1 Å². The largest absolute Gasteiger partial charge is 0.350 e. The fraction of sp³-hybridized carbons (Fsp3) is 0.167. The number of rotatable bonds is 1. The summed E-state index contributed by atoms with van der Waals surface area (Å²) < 4.78 is 1.18. The van der Waals surface area contributed by atoms with Crippen LogP contribution >= 0.6 is 34.7 Å². The molecule has 3 rings (SSSR count). The van der Waals surface area contributed by atoms with Crippen molar-refractivity contribution in [1.29, 1.82) is 0 Å². The maximum atomic E-state index is 10.8. The minimum Gasteiger partial charge on any atom is -0.350 e. The first-order valence-electron chi connectivity index (χ1n) is 5.62. The van der Waals surface area contributed by atoms with Crippen LogP contribution in [-0.4, -0.2) is 17.5 Å². The van der Waals surface area contributed by atoms with Crippen molar-refractivity contribution in [1.82, 2.24) is 5.43 Å². The van der Waals surface area contributed by atoms with Gasteiger partial charge < -0.3 is 5.73 Å². The number of hydrazone groups is 1. The third-order valence-electron chi connectivity index (χ3n) is 2.75. The second-order valence-electron chi connectivity index (χ2n) is 4.03. The van der Waals surface area contributed by atoms with Crippen LogP contribution < -0.4 is 11.2 Å². The molecular weight excluding hydrogens is 302 g/mol. The zero-order valence-electron chi connectivity index (χ0n) is 9.77. The van der Waals surface area contributed by atoms with Crippen molar-refractivity contribution in [3.8, 4) is 0 Å². The molecule has 2 heterocycles. The molecule has 0 saturated heterocycles. The number of nitrogens with two attached hydrogens (primary N) is 1. The number of thiophene rings is 1. The number of amides is 2. The monoisotopic (exact) mass is 311 g/mol. The van der Waals surface area contributed by atoms with E-state index in [4.69, 9.17) is 17.3 Å². The Kier molecular flexibility index (Phi) is 3.38. The molecule has 1 aromatic carbocycles. The highest BCUT2D eigenvalue weighted by Gasteiger charge is 2.22. The van der Waals surface area contributed by atoms with Crippen LogP contribution in [0.25, 0.3) is 10.1 Å². The van der Waals surface area contributed by atoms with Crippen molar-refractivity contribution in [2.75, 3.05) is 5.75 Å². The summed E-state index contributed by atoms with van der Waals surface area (Å²) in [4.78, 5) is 13.0. The van der Waals surface area contributed by atoms with Crippen molar-refractivity contribution < 1.29 is 4.79 Å². The van der Waals surface area contributed by atoms with Crippen molar-refractivity contribution in [2.45, 2.75) is 11.3 Å². The summed E-state index contributed by atoms with van der Waals surface area (Å²) in [5.74, 6) is 0.935. The van der Waals surface area contributed by atoms with E-state index in [-0.39, 0.29) is 0 Å². The molecule has 0 bridgehead atoms. The highest BCUT2D eigenvalue weighted by Crippen LogP contribution is 2.43. The minimum atomic E-state index is -0.642. The van der Waals surface area contributed by atoms with Gasteiger partial charge in [-0.25, -0.2) is 10.2 Å². The molecule has 98 valence electrons. The third-order valence-corrected chi connectivity index (χ3v) is 5.46.